The molecule has 0 saturated heterocycles. The van der Waals surface area contributed by atoms with Crippen LogP contribution >= 0.6 is 11.6 Å². The van der Waals surface area contributed by atoms with Gasteiger partial charge in [0, 0.05) is 5.92 Å². The molecule has 0 bridgehead atoms. The second-order valence-corrected chi connectivity index (χ2v) is 9.67. The number of carboxylic acid groups (broad SMARTS) is 1. The van der Waals surface area contributed by atoms with Crippen molar-refractivity contribution in [2.45, 2.75) is 63.8 Å². The number of carbonyl (C=O) groups excluding carboxylic acids is 1. The monoisotopic (exact) mass is 514 g/mol. The molecule has 1 aliphatic rings. The first-order valence-corrected chi connectivity index (χ1v) is 11.4. The number of carbonyl (C=O) groups is 2. The molecular weight excluding hydrogens is 489 g/mol. The van der Waals surface area contributed by atoms with Gasteiger partial charge in [0.15, 0.2) is 6.10 Å². The number of halogens is 4. The molecule has 0 saturated carbocycles. The smallest absolute Gasteiger partial charge is 0.416 e. The summed E-state index contributed by atoms with van der Waals surface area (Å²) in [4.78, 5) is 24.0. The van der Waals surface area contributed by atoms with E-state index in [1.165, 1.54) is 0 Å². The predicted molar refractivity (Wildman–Crippen MR) is 122 cm³/mol. The molecule has 1 N–H and O–H groups in total. The van der Waals surface area contributed by atoms with Gasteiger partial charge in [0.05, 0.1) is 10.6 Å². The van der Waals surface area contributed by atoms with Crippen LogP contribution in [0.1, 0.15) is 56.2 Å². The Kier molecular flexibility index (Phi) is 8.01. The third-order valence-electron chi connectivity index (χ3n) is 5.37. The van der Waals surface area contributed by atoms with E-state index >= 15 is 0 Å². The van der Waals surface area contributed by atoms with Gasteiger partial charge in [-0.15, -0.1) is 0 Å². The molecule has 3 rings (SSSR count). The fourth-order valence-corrected chi connectivity index (χ4v) is 4.20. The Labute approximate surface area is 205 Å². The minimum atomic E-state index is -4.52. The molecule has 35 heavy (non-hydrogen) atoms. The highest BCUT2D eigenvalue weighted by atomic mass is 35.5. The molecule has 6 nitrogen and oxygen atoms in total. The Morgan fingerprint density at radius 1 is 1.14 bits per heavy atom. The van der Waals surface area contributed by atoms with Gasteiger partial charge in [0.1, 0.15) is 23.7 Å². The Morgan fingerprint density at radius 3 is 2.46 bits per heavy atom. The second-order valence-electron chi connectivity index (χ2n) is 9.26. The standard InChI is InChI=1S/C25H26ClF3O6/c1-24(2,3)35-21(30)13-33-22(23(31)32)18-6-4-5-14-11-16(8-9-17(14)18)34-20-10-7-15(12-19(20)26)25(27,28)29/h7-12,18,22H,4-6,13H2,1-3H3,(H,31,32)/t18-,22?/m1/s1. The van der Waals surface area contributed by atoms with Crippen LogP contribution < -0.4 is 4.74 Å². The van der Waals surface area contributed by atoms with E-state index in [0.717, 1.165) is 29.3 Å². The molecule has 0 fully saturated rings. The summed E-state index contributed by atoms with van der Waals surface area (Å²) >= 11 is 5.98. The Bertz CT molecular complexity index is 1090. The minimum absolute atomic E-state index is 0.0658. The van der Waals surface area contributed by atoms with Gasteiger partial charge in [-0.2, -0.15) is 13.2 Å². The topological polar surface area (TPSA) is 82.1 Å². The molecule has 0 spiro atoms. The van der Waals surface area contributed by atoms with Gasteiger partial charge >= 0.3 is 18.1 Å². The number of benzene rings is 2. The number of carboxylic acids is 1. The van der Waals surface area contributed by atoms with E-state index in [-0.39, 0.29) is 10.8 Å². The Hall–Kier alpha value is -2.78. The van der Waals surface area contributed by atoms with Crippen LogP contribution in [0.15, 0.2) is 36.4 Å². The molecule has 190 valence electrons. The fourth-order valence-electron chi connectivity index (χ4n) is 3.98. The van der Waals surface area contributed by atoms with Crippen LogP contribution in [-0.2, 0) is 31.7 Å². The summed E-state index contributed by atoms with van der Waals surface area (Å²) in [5.74, 6) is -1.92. The molecule has 0 heterocycles. The van der Waals surface area contributed by atoms with E-state index < -0.39 is 47.9 Å². The minimum Gasteiger partial charge on any atom is -0.479 e. The third-order valence-corrected chi connectivity index (χ3v) is 5.67. The number of rotatable bonds is 7. The van der Waals surface area contributed by atoms with Crippen molar-refractivity contribution in [2.75, 3.05) is 6.61 Å². The first kappa shape index (κ1) is 26.8. The molecule has 2 aromatic rings. The van der Waals surface area contributed by atoms with Crippen LogP contribution in [0.5, 0.6) is 11.5 Å². The summed E-state index contributed by atoms with van der Waals surface area (Å²) < 4.78 is 55.0. The fraction of sp³-hybridized carbons (Fsp3) is 0.440. The van der Waals surface area contributed by atoms with Crippen molar-refractivity contribution in [3.63, 3.8) is 0 Å². The average molecular weight is 515 g/mol. The van der Waals surface area contributed by atoms with Gasteiger partial charge in [-0.1, -0.05) is 17.7 Å². The molecule has 2 aromatic carbocycles. The van der Waals surface area contributed by atoms with E-state index in [0.29, 0.717) is 25.0 Å². The van der Waals surface area contributed by atoms with Crippen molar-refractivity contribution in [3.05, 3.63) is 58.1 Å². The zero-order valence-corrected chi connectivity index (χ0v) is 20.2. The average Bonchev–Trinajstić information content (AvgIpc) is 2.73. The van der Waals surface area contributed by atoms with Crippen molar-refractivity contribution in [1.82, 2.24) is 0 Å². The lowest BCUT2D eigenvalue weighted by Crippen LogP contribution is -2.36. The molecule has 2 atom stereocenters. The van der Waals surface area contributed by atoms with Gasteiger partial charge in [-0.3, -0.25) is 0 Å². The van der Waals surface area contributed by atoms with Crippen molar-refractivity contribution in [1.29, 1.82) is 0 Å². The van der Waals surface area contributed by atoms with Crippen LogP contribution in [0.2, 0.25) is 5.02 Å². The molecular formula is C25H26ClF3O6. The molecule has 0 aromatic heterocycles. The zero-order chi connectivity index (χ0) is 26.0. The number of hydrogen-bond donors (Lipinski definition) is 1. The van der Waals surface area contributed by atoms with Crippen LogP contribution in [0.25, 0.3) is 0 Å². The van der Waals surface area contributed by atoms with Gasteiger partial charge in [0.2, 0.25) is 0 Å². The SMILES string of the molecule is CC(C)(C)OC(=O)COC(C(=O)O)[C@@H]1CCCc2cc(Oc3ccc(C(F)(F)F)cc3Cl)ccc21. The van der Waals surface area contributed by atoms with Crippen LogP contribution in [0, 0.1) is 0 Å². The Morgan fingerprint density at radius 2 is 1.86 bits per heavy atom. The molecule has 0 aliphatic heterocycles. The number of fused-ring (bicyclic) bond motifs is 1. The van der Waals surface area contributed by atoms with E-state index in [1.54, 1.807) is 39.0 Å². The van der Waals surface area contributed by atoms with Crippen molar-refractivity contribution >= 4 is 23.5 Å². The van der Waals surface area contributed by atoms with E-state index in [9.17, 15) is 27.9 Å². The van der Waals surface area contributed by atoms with E-state index in [2.05, 4.69) is 0 Å². The molecule has 0 radical (unpaired) electrons. The number of esters is 1. The predicted octanol–water partition coefficient (Wildman–Crippen LogP) is 6.38. The largest absolute Gasteiger partial charge is 0.479 e. The summed E-state index contributed by atoms with van der Waals surface area (Å²) in [6.45, 7) is 4.62. The number of ether oxygens (including phenoxy) is 3. The van der Waals surface area contributed by atoms with Crippen LogP contribution in [-0.4, -0.2) is 35.4 Å². The summed E-state index contributed by atoms with van der Waals surface area (Å²) in [5, 5.41) is 9.58. The van der Waals surface area contributed by atoms with Gasteiger partial charge in [-0.05, 0) is 81.5 Å². The van der Waals surface area contributed by atoms with Gasteiger partial charge < -0.3 is 19.3 Å². The number of alkyl halides is 3. The van der Waals surface area contributed by atoms with Crippen molar-refractivity contribution < 1.29 is 42.1 Å². The number of aliphatic carboxylic acids is 1. The first-order chi connectivity index (χ1) is 16.2. The van der Waals surface area contributed by atoms with Gasteiger partial charge in [0.25, 0.3) is 0 Å². The van der Waals surface area contributed by atoms with Crippen LogP contribution in [0.3, 0.4) is 0 Å². The second kappa shape index (κ2) is 10.5. The number of aryl methyl sites for hydroxylation is 1. The highest BCUT2D eigenvalue weighted by molar-refractivity contribution is 6.32. The Balaban J connectivity index is 1.77. The maximum absolute atomic E-state index is 12.9. The maximum atomic E-state index is 12.9. The highest BCUT2D eigenvalue weighted by Gasteiger charge is 2.35. The molecule has 1 unspecified atom stereocenters. The molecule has 0 amide bonds. The number of hydrogen-bond acceptors (Lipinski definition) is 5. The molecule has 1 aliphatic carbocycles. The van der Waals surface area contributed by atoms with Crippen LogP contribution in [0.4, 0.5) is 13.2 Å². The normalized spacial score (nSPS) is 16.8. The lowest BCUT2D eigenvalue weighted by molar-refractivity contribution is -0.167. The van der Waals surface area contributed by atoms with Crippen molar-refractivity contribution in [3.8, 4) is 11.5 Å². The maximum Gasteiger partial charge on any atom is 0.416 e. The summed E-state index contributed by atoms with van der Waals surface area (Å²) in [6.07, 6.45) is -3.89. The third kappa shape index (κ3) is 7.11. The lowest BCUT2D eigenvalue weighted by Gasteiger charge is -2.30. The summed E-state index contributed by atoms with van der Waals surface area (Å²) in [7, 11) is 0. The summed E-state index contributed by atoms with van der Waals surface area (Å²) in [6, 6.07) is 7.84. The van der Waals surface area contributed by atoms with Gasteiger partial charge in [-0.25, -0.2) is 9.59 Å². The van der Waals surface area contributed by atoms with E-state index in [4.69, 9.17) is 25.8 Å². The quantitative estimate of drug-likeness (QED) is 0.432. The van der Waals surface area contributed by atoms with Crippen molar-refractivity contribution in [2.24, 2.45) is 0 Å². The highest BCUT2D eigenvalue weighted by Crippen LogP contribution is 2.40. The zero-order valence-electron chi connectivity index (χ0n) is 19.4. The molecule has 10 heteroatoms. The first-order valence-electron chi connectivity index (χ1n) is 11.0. The lowest BCUT2D eigenvalue weighted by atomic mass is 9.79. The van der Waals surface area contributed by atoms with E-state index in [1.807, 2.05) is 0 Å². The summed E-state index contributed by atoms with van der Waals surface area (Å²) in [5.41, 5.74) is -0.0231.